The predicted molar refractivity (Wildman–Crippen MR) is 86.0 cm³/mol. The molecule has 2 aromatic heterocycles. The molecule has 0 radical (unpaired) electrons. The number of aryl methyl sites for hydroxylation is 1. The number of aromatic amines is 1. The number of hydrogen-bond donors (Lipinski definition) is 2. The van der Waals surface area contributed by atoms with E-state index in [-0.39, 0.29) is 17.0 Å². The Morgan fingerprint density at radius 1 is 1.52 bits per heavy atom. The quantitative estimate of drug-likeness (QED) is 0.834. The van der Waals surface area contributed by atoms with Crippen molar-refractivity contribution in [3.8, 4) is 0 Å². The van der Waals surface area contributed by atoms with Gasteiger partial charge in [0.05, 0.1) is 6.54 Å². The molecule has 1 amide bonds. The maximum atomic E-state index is 12.0. The summed E-state index contributed by atoms with van der Waals surface area (Å²) in [6, 6.07) is 3.19. The van der Waals surface area contributed by atoms with Gasteiger partial charge in [0.15, 0.2) is 0 Å². The smallest absolute Gasteiger partial charge is 0.260 e. The minimum absolute atomic E-state index is 0.162. The third-order valence-electron chi connectivity index (χ3n) is 4.27. The molecule has 3 rings (SSSR count). The van der Waals surface area contributed by atoms with Gasteiger partial charge < -0.3 is 14.9 Å². The van der Waals surface area contributed by atoms with Gasteiger partial charge in [-0.25, -0.2) is 4.98 Å². The molecule has 1 saturated heterocycles. The van der Waals surface area contributed by atoms with Gasteiger partial charge in [0, 0.05) is 38.7 Å². The second-order valence-electron chi connectivity index (χ2n) is 5.97. The first-order valence-electron chi connectivity index (χ1n) is 7.78. The van der Waals surface area contributed by atoms with Crippen molar-refractivity contribution < 1.29 is 4.79 Å². The minimum atomic E-state index is -0.354. The zero-order valence-corrected chi connectivity index (χ0v) is 13.2. The molecule has 3 heterocycles. The topological polar surface area (TPSA) is 83.0 Å². The molecule has 1 aliphatic rings. The molecule has 0 aromatic carbocycles. The molecule has 2 aromatic rings. The fourth-order valence-corrected chi connectivity index (χ4v) is 2.90. The van der Waals surface area contributed by atoms with Crippen LogP contribution in [0.4, 0.5) is 0 Å². The van der Waals surface area contributed by atoms with Crippen molar-refractivity contribution in [2.45, 2.75) is 13.0 Å². The van der Waals surface area contributed by atoms with E-state index in [1.54, 1.807) is 12.3 Å². The zero-order chi connectivity index (χ0) is 16.2. The van der Waals surface area contributed by atoms with Crippen molar-refractivity contribution in [1.82, 2.24) is 24.8 Å². The summed E-state index contributed by atoms with van der Waals surface area (Å²) in [6.07, 6.45) is 6.31. The number of aromatic nitrogens is 3. The lowest BCUT2D eigenvalue weighted by atomic mass is 10.1. The summed E-state index contributed by atoms with van der Waals surface area (Å²) in [6.45, 7) is 3.34. The second kappa shape index (κ2) is 6.78. The molecule has 0 spiro atoms. The van der Waals surface area contributed by atoms with Crippen molar-refractivity contribution in [2.24, 2.45) is 13.0 Å². The van der Waals surface area contributed by atoms with Crippen LogP contribution >= 0.6 is 0 Å². The summed E-state index contributed by atoms with van der Waals surface area (Å²) in [5, 5.41) is 2.87. The first-order valence-corrected chi connectivity index (χ1v) is 7.78. The maximum absolute atomic E-state index is 12.0. The first-order chi connectivity index (χ1) is 11.1. The van der Waals surface area contributed by atoms with Gasteiger partial charge >= 0.3 is 0 Å². The number of nitrogens with one attached hydrogen (secondary N) is 2. The number of rotatable bonds is 5. The van der Waals surface area contributed by atoms with Crippen LogP contribution in [0.25, 0.3) is 0 Å². The monoisotopic (exact) mass is 315 g/mol. The van der Waals surface area contributed by atoms with Crippen LogP contribution in [0.3, 0.4) is 0 Å². The molecule has 7 nitrogen and oxygen atoms in total. The Balaban J connectivity index is 1.49. The molecule has 0 bridgehead atoms. The van der Waals surface area contributed by atoms with Crippen LogP contribution in [0, 0.1) is 5.92 Å². The van der Waals surface area contributed by atoms with Crippen molar-refractivity contribution in [3.63, 3.8) is 0 Å². The summed E-state index contributed by atoms with van der Waals surface area (Å²) in [4.78, 5) is 32.8. The Hall–Kier alpha value is -2.41. The van der Waals surface area contributed by atoms with E-state index in [0.29, 0.717) is 12.5 Å². The van der Waals surface area contributed by atoms with Gasteiger partial charge in [0.2, 0.25) is 0 Å². The molecule has 2 N–H and O–H groups in total. The van der Waals surface area contributed by atoms with Crippen molar-refractivity contribution in [1.29, 1.82) is 0 Å². The van der Waals surface area contributed by atoms with Crippen LogP contribution in [-0.4, -0.2) is 45.0 Å². The highest BCUT2D eigenvalue weighted by Crippen LogP contribution is 2.17. The summed E-state index contributed by atoms with van der Waals surface area (Å²) in [5.41, 5.74) is -0.191. The molecule has 1 fully saturated rings. The van der Waals surface area contributed by atoms with E-state index in [1.165, 1.54) is 12.3 Å². The number of likely N-dealkylation sites (tertiary alicyclic amines) is 1. The van der Waals surface area contributed by atoms with E-state index >= 15 is 0 Å². The second-order valence-corrected chi connectivity index (χ2v) is 5.97. The van der Waals surface area contributed by atoms with Crippen molar-refractivity contribution >= 4 is 5.91 Å². The third-order valence-corrected chi connectivity index (χ3v) is 4.27. The van der Waals surface area contributed by atoms with E-state index in [9.17, 15) is 9.59 Å². The third kappa shape index (κ3) is 3.68. The van der Waals surface area contributed by atoms with Crippen LogP contribution < -0.4 is 10.9 Å². The van der Waals surface area contributed by atoms with E-state index in [0.717, 1.165) is 31.9 Å². The number of H-pyrrole nitrogens is 1. The highest BCUT2D eigenvalue weighted by molar-refractivity contribution is 5.93. The zero-order valence-electron chi connectivity index (χ0n) is 13.2. The number of carbonyl (C=O) groups excluding carboxylic acids is 1. The Bertz CT molecular complexity index is 736. The first kappa shape index (κ1) is 15.5. The molecule has 1 atom stereocenters. The van der Waals surface area contributed by atoms with Gasteiger partial charge in [0.25, 0.3) is 11.5 Å². The number of hydrogen-bond acceptors (Lipinski definition) is 4. The Kier molecular flexibility index (Phi) is 4.57. The number of carbonyl (C=O) groups is 1. The number of amides is 1. The van der Waals surface area contributed by atoms with Gasteiger partial charge in [-0.1, -0.05) is 0 Å². The molecular formula is C16H21N5O2. The van der Waals surface area contributed by atoms with Gasteiger partial charge in [0.1, 0.15) is 11.4 Å². The van der Waals surface area contributed by atoms with Crippen molar-refractivity contribution in [2.75, 3.05) is 19.6 Å². The molecule has 1 aliphatic heterocycles. The van der Waals surface area contributed by atoms with Crippen LogP contribution in [0.1, 0.15) is 22.6 Å². The van der Waals surface area contributed by atoms with Crippen LogP contribution in [0.15, 0.2) is 35.5 Å². The number of pyridine rings is 1. The molecular weight excluding hydrogens is 294 g/mol. The van der Waals surface area contributed by atoms with Gasteiger partial charge in [-0.3, -0.25) is 14.5 Å². The molecule has 23 heavy (non-hydrogen) atoms. The molecule has 122 valence electrons. The van der Waals surface area contributed by atoms with Crippen LogP contribution in [0.5, 0.6) is 0 Å². The number of nitrogens with zero attached hydrogens (tertiary/aromatic N) is 3. The highest BCUT2D eigenvalue weighted by Gasteiger charge is 2.24. The Labute approximate surface area is 134 Å². The Morgan fingerprint density at radius 3 is 3.13 bits per heavy atom. The van der Waals surface area contributed by atoms with Crippen LogP contribution in [-0.2, 0) is 13.6 Å². The lowest BCUT2D eigenvalue weighted by Crippen LogP contribution is -2.34. The van der Waals surface area contributed by atoms with Gasteiger partial charge in [-0.05, 0) is 31.0 Å². The van der Waals surface area contributed by atoms with E-state index in [4.69, 9.17) is 0 Å². The number of imidazole rings is 1. The fraction of sp³-hybridized carbons (Fsp3) is 0.438. The summed E-state index contributed by atoms with van der Waals surface area (Å²) >= 11 is 0. The molecule has 0 aliphatic carbocycles. The highest BCUT2D eigenvalue weighted by atomic mass is 16.2. The SMILES string of the molecule is Cn1ccnc1CN1CCC(CNC(=O)c2ccc[nH]c2=O)C1. The molecule has 1 unspecified atom stereocenters. The van der Waals surface area contributed by atoms with E-state index in [2.05, 4.69) is 20.2 Å². The van der Waals surface area contributed by atoms with E-state index < -0.39 is 0 Å². The molecule has 0 saturated carbocycles. The van der Waals surface area contributed by atoms with Crippen molar-refractivity contribution in [3.05, 3.63) is 52.5 Å². The average Bonchev–Trinajstić information content (AvgIpc) is 3.15. The average molecular weight is 315 g/mol. The maximum Gasteiger partial charge on any atom is 0.260 e. The fourth-order valence-electron chi connectivity index (χ4n) is 2.90. The standard InChI is InChI=1S/C16H21N5O2/c1-20-8-6-17-14(20)11-21-7-4-12(10-21)9-19-16(23)13-3-2-5-18-15(13)22/h2-3,5-6,8,12H,4,7,9-11H2,1H3,(H,18,22)(H,19,23). The van der Waals surface area contributed by atoms with Gasteiger partial charge in [-0.15, -0.1) is 0 Å². The van der Waals surface area contributed by atoms with Gasteiger partial charge in [-0.2, -0.15) is 0 Å². The lowest BCUT2D eigenvalue weighted by molar-refractivity contribution is 0.0945. The normalized spacial score (nSPS) is 18.2. The van der Waals surface area contributed by atoms with Crippen LogP contribution in [0.2, 0.25) is 0 Å². The molecule has 7 heteroatoms. The minimum Gasteiger partial charge on any atom is -0.352 e. The summed E-state index contributed by atoms with van der Waals surface area (Å²) < 4.78 is 2.02. The van der Waals surface area contributed by atoms with E-state index in [1.807, 2.05) is 17.8 Å². The summed E-state index contributed by atoms with van der Waals surface area (Å²) in [5.74, 6) is 1.14. The predicted octanol–water partition coefficient (Wildman–Crippen LogP) is 0.360. The Morgan fingerprint density at radius 2 is 2.39 bits per heavy atom. The lowest BCUT2D eigenvalue weighted by Gasteiger charge is -2.16. The summed E-state index contributed by atoms with van der Waals surface area (Å²) in [7, 11) is 1.99. The largest absolute Gasteiger partial charge is 0.352 e.